The molecule has 1 saturated carbocycles. The van der Waals surface area contributed by atoms with Crippen LogP contribution in [0.2, 0.25) is 0 Å². The first-order chi connectivity index (χ1) is 23.4. The largest absolute Gasteiger partial charge is 0.479 e. The van der Waals surface area contributed by atoms with Crippen LogP contribution in [0.5, 0.6) is 0 Å². The molecule has 0 unspecified atom stereocenters. The molecule has 3 N–H and O–H groups in total. The maximum atomic E-state index is 14.3. The topological polar surface area (TPSA) is 182 Å². The lowest BCUT2D eigenvalue weighted by Crippen LogP contribution is -2.56. The molecule has 6 rings (SSSR count). The molecule has 1 aliphatic carbocycles. The van der Waals surface area contributed by atoms with Crippen LogP contribution in [0.4, 0.5) is 4.79 Å². The van der Waals surface area contributed by atoms with Crippen molar-refractivity contribution in [2.45, 2.75) is 95.0 Å². The smallest absolute Gasteiger partial charge is 0.408 e. The third-order valence-corrected chi connectivity index (χ3v) is 9.19. The number of aromatic nitrogens is 5. The Hall–Kier alpha value is -5.14. The number of fused-ring (bicyclic) bond motifs is 2. The average Bonchev–Trinajstić information content (AvgIpc) is 3.38. The number of benzene rings is 1. The Kier molecular flexibility index (Phi) is 9.48. The molecule has 0 bridgehead atoms. The van der Waals surface area contributed by atoms with Gasteiger partial charge in [-0.25, -0.2) is 9.59 Å². The van der Waals surface area contributed by atoms with Crippen molar-refractivity contribution in [1.82, 2.24) is 40.7 Å². The molecule has 3 aliphatic rings. The molecule has 49 heavy (non-hydrogen) atoms. The normalized spacial score (nSPS) is 26.7. The number of aliphatic carboxylic acids is 1. The van der Waals surface area contributed by atoms with Crippen LogP contribution in [0.1, 0.15) is 71.8 Å². The molecule has 4 heterocycles. The summed E-state index contributed by atoms with van der Waals surface area (Å²) in [7, 11) is 0. The molecule has 5 atom stereocenters. The van der Waals surface area contributed by atoms with Crippen molar-refractivity contribution >= 4 is 23.9 Å². The second-order valence-electron chi connectivity index (χ2n) is 14.0. The predicted octanol–water partition coefficient (Wildman–Crippen LogP) is 3.92. The molecule has 14 nitrogen and oxygen atoms in total. The zero-order chi connectivity index (χ0) is 34.8. The number of carboxylic acids is 1. The molecule has 258 valence electrons. The lowest BCUT2D eigenvalue weighted by Gasteiger charge is -2.30. The first-order valence-electron chi connectivity index (χ1n) is 16.8. The highest BCUT2D eigenvalue weighted by Crippen LogP contribution is 2.45. The van der Waals surface area contributed by atoms with E-state index in [4.69, 9.17) is 4.74 Å². The van der Waals surface area contributed by atoms with Gasteiger partial charge in [0.05, 0.1) is 6.04 Å². The Labute approximate surface area is 284 Å². The summed E-state index contributed by atoms with van der Waals surface area (Å²) >= 11 is 0. The number of carbonyl (C=O) groups excluding carboxylic acids is 3. The van der Waals surface area contributed by atoms with Crippen molar-refractivity contribution in [2.75, 3.05) is 6.54 Å². The summed E-state index contributed by atoms with van der Waals surface area (Å²) in [5.41, 5.74) is 0.291. The maximum Gasteiger partial charge on any atom is 0.408 e. The van der Waals surface area contributed by atoms with E-state index in [0.717, 1.165) is 30.4 Å². The van der Waals surface area contributed by atoms with Crippen molar-refractivity contribution < 1.29 is 29.0 Å². The molecule has 14 heteroatoms. The number of rotatable bonds is 5. The standard InChI is InChI=1S/C35H42N8O6/c1-34(2,3)49-33(48)37-27-15-11-6-4-5-10-14-25-18-35(25,32(46)47)38-30(44)28-17-26(21-42(28)31(27)45)43-40-29(39-41-43)24-16-23(19-36-20-24)22-12-8-7-9-13-22/h7-10,12-14,16,19-20,25-28H,4-6,11,15,17-18,21H2,1-3H3,(H,37,48)(H,38,44)(H,46,47)/b14-10-/t25-,26+,27-,28+,35+/m1/s1. The van der Waals surface area contributed by atoms with Crippen LogP contribution in [-0.2, 0) is 19.1 Å². The van der Waals surface area contributed by atoms with Crippen LogP contribution in [-0.4, -0.2) is 88.8 Å². The van der Waals surface area contributed by atoms with Gasteiger partial charge in [-0.05, 0) is 63.3 Å². The molecule has 0 spiro atoms. The van der Waals surface area contributed by atoms with Gasteiger partial charge in [0, 0.05) is 42.4 Å². The molecule has 3 aromatic rings. The first-order valence-corrected chi connectivity index (χ1v) is 16.8. The van der Waals surface area contributed by atoms with Crippen LogP contribution in [0.25, 0.3) is 22.5 Å². The Morgan fingerprint density at radius 2 is 1.84 bits per heavy atom. The first kappa shape index (κ1) is 33.7. The van der Waals surface area contributed by atoms with E-state index in [2.05, 4.69) is 31.0 Å². The van der Waals surface area contributed by atoms with Crippen molar-refractivity contribution in [2.24, 2.45) is 5.92 Å². The van der Waals surface area contributed by atoms with E-state index in [1.165, 1.54) is 9.70 Å². The van der Waals surface area contributed by atoms with Crippen LogP contribution >= 0.6 is 0 Å². The molecule has 0 radical (unpaired) electrons. The number of nitrogens with zero attached hydrogens (tertiary/aromatic N) is 6. The minimum Gasteiger partial charge on any atom is -0.479 e. The highest BCUT2D eigenvalue weighted by atomic mass is 16.6. The molecule has 3 amide bonds. The third-order valence-electron chi connectivity index (χ3n) is 9.19. The Balaban J connectivity index is 1.29. The summed E-state index contributed by atoms with van der Waals surface area (Å²) in [5, 5.41) is 28.8. The Bertz CT molecular complexity index is 1740. The lowest BCUT2D eigenvalue weighted by molar-refractivity contribution is -0.145. The fraction of sp³-hybridized carbons (Fsp3) is 0.486. The zero-order valence-corrected chi connectivity index (χ0v) is 27.9. The van der Waals surface area contributed by atoms with Crippen LogP contribution < -0.4 is 10.6 Å². The van der Waals surface area contributed by atoms with Gasteiger partial charge in [-0.2, -0.15) is 4.80 Å². The Morgan fingerprint density at radius 1 is 1.06 bits per heavy atom. The molecule has 2 aromatic heterocycles. The van der Waals surface area contributed by atoms with Gasteiger partial charge in [0.1, 0.15) is 23.2 Å². The van der Waals surface area contributed by atoms with Crippen LogP contribution in [0.3, 0.4) is 0 Å². The van der Waals surface area contributed by atoms with E-state index < -0.39 is 53.1 Å². The highest BCUT2D eigenvalue weighted by molar-refractivity contribution is 5.96. The van der Waals surface area contributed by atoms with Gasteiger partial charge in [0.15, 0.2) is 0 Å². The number of alkyl carbamates (subject to hydrolysis) is 1. The van der Waals surface area contributed by atoms with E-state index in [-0.39, 0.29) is 25.3 Å². The quantitative estimate of drug-likeness (QED) is 0.337. The number of nitrogens with one attached hydrogen (secondary N) is 2. The van der Waals surface area contributed by atoms with Gasteiger partial charge < -0.3 is 25.4 Å². The fourth-order valence-corrected chi connectivity index (χ4v) is 6.54. The van der Waals surface area contributed by atoms with Gasteiger partial charge >= 0.3 is 12.1 Å². The monoisotopic (exact) mass is 670 g/mol. The van der Waals surface area contributed by atoms with Crippen molar-refractivity contribution in [1.29, 1.82) is 0 Å². The number of allylic oxidation sites excluding steroid dienone is 1. The number of hydrogen-bond donors (Lipinski definition) is 3. The second kappa shape index (κ2) is 13.8. The molecule has 2 aliphatic heterocycles. The summed E-state index contributed by atoms with van der Waals surface area (Å²) in [4.78, 5) is 60.6. The fourth-order valence-electron chi connectivity index (χ4n) is 6.54. The minimum atomic E-state index is -1.44. The number of tetrazole rings is 1. The number of pyridine rings is 1. The molecule has 1 saturated heterocycles. The summed E-state index contributed by atoms with van der Waals surface area (Å²) in [6.07, 6.45) is 10.2. The van der Waals surface area contributed by atoms with Crippen LogP contribution in [0, 0.1) is 5.92 Å². The summed E-state index contributed by atoms with van der Waals surface area (Å²) in [5.74, 6) is -2.18. The molecule has 2 fully saturated rings. The molecular formula is C35H42N8O6. The summed E-state index contributed by atoms with van der Waals surface area (Å²) in [6, 6.07) is 9.14. The third kappa shape index (κ3) is 7.63. The van der Waals surface area contributed by atoms with Crippen molar-refractivity contribution in [3.63, 3.8) is 0 Å². The summed E-state index contributed by atoms with van der Waals surface area (Å²) in [6.45, 7) is 5.26. The van der Waals surface area contributed by atoms with Crippen molar-refractivity contribution in [3.8, 4) is 22.5 Å². The van der Waals surface area contributed by atoms with E-state index >= 15 is 0 Å². The minimum absolute atomic E-state index is 0.0466. The number of hydrogen-bond acceptors (Lipinski definition) is 9. The molecule has 1 aromatic carbocycles. The Morgan fingerprint density at radius 3 is 2.59 bits per heavy atom. The van der Waals surface area contributed by atoms with E-state index in [9.17, 15) is 24.3 Å². The lowest BCUT2D eigenvalue weighted by atomic mass is 10.0. The number of carboxylic acid groups (broad SMARTS) is 1. The maximum absolute atomic E-state index is 14.3. The van der Waals surface area contributed by atoms with E-state index in [1.54, 1.807) is 33.2 Å². The van der Waals surface area contributed by atoms with Gasteiger partial charge in [-0.3, -0.25) is 14.6 Å². The zero-order valence-electron chi connectivity index (χ0n) is 27.9. The van der Waals surface area contributed by atoms with E-state index in [0.29, 0.717) is 24.2 Å². The average molecular weight is 671 g/mol. The van der Waals surface area contributed by atoms with E-state index in [1.807, 2.05) is 48.6 Å². The highest BCUT2D eigenvalue weighted by Gasteiger charge is 2.61. The number of amides is 3. The number of ether oxygens (including phenoxy) is 1. The predicted molar refractivity (Wildman–Crippen MR) is 178 cm³/mol. The van der Waals surface area contributed by atoms with Gasteiger partial charge in [0.25, 0.3) is 0 Å². The van der Waals surface area contributed by atoms with Gasteiger partial charge in [0.2, 0.25) is 17.6 Å². The van der Waals surface area contributed by atoms with Crippen LogP contribution in [0.15, 0.2) is 60.9 Å². The molecular weight excluding hydrogens is 628 g/mol. The second-order valence-corrected chi connectivity index (χ2v) is 14.0. The van der Waals surface area contributed by atoms with Crippen molar-refractivity contribution in [3.05, 3.63) is 60.9 Å². The van der Waals surface area contributed by atoms with Gasteiger partial charge in [-0.1, -0.05) is 55.3 Å². The van der Waals surface area contributed by atoms with Gasteiger partial charge in [-0.15, -0.1) is 10.2 Å². The number of carbonyl (C=O) groups is 4. The summed E-state index contributed by atoms with van der Waals surface area (Å²) < 4.78 is 5.47. The SMILES string of the molecule is CC(C)(C)OC(=O)N[C@@H]1CCCCC/C=C\[C@@H]2C[C@]2(C(=O)O)NC(=O)[C@@H]2C[C@H](n3nnc(-c4cncc(-c5ccccc5)c4)n3)CN2C1=O.